The van der Waals surface area contributed by atoms with Crippen LogP contribution >= 0.6 is 7.82 Å². The van der Waals surface area contributed by atoms with Crippen LogP contribution in [0.4, 0.5) is 0 Å². The summed E-state index contributed by atoms with van der Waals surface area (Å²) in [4.78, 5) is 23.1. The summed E-state index contributed by atoms with van der Waals surface area (Å²) in [5.41, 5.74) is 0. The van der Waals surface area contributed by atoms with Crippen LogP contribution in [0.5, 0.6) is 0 Å². The maximum Gasteiger partial charge on any atom is 0.472 e. The minimum absolute atomic E-state index is 0.0545. The Morgan fingerprint density at radius 3 is 1.30 bits per heavy atom. The maximum absolute atomic E-state index is 12.9. The first-order valence-electron chi connectivity index (χ1n) is 25.4. The van der Waals surface area contributed by atoms with Crippen molar-refractivity contribution in [2.45, 2.75) is 244 Å². The number of quaternary nitrogens is 1. The molecule has 0 saturated carbocycles. The van der Waals surface area contributed by atoms with Crippen LogP contribution in [-0.2, 0) is 18.4 Å². The molecule has 0 radical (unpaired) electrons. The molecule has 0 aromatic carbocycles. The highest BCUT2D eigenvalue weighted by atomic mass is 31.2. The second-order valence-corrected chi connectivity index (χ2v) is 20.0. The Morgan fingerprint density at radius 2 is 0.917 bits per heavy atom. The standard InChI is InChI=1S/C51H99N2O6P/c1-6-8-10-12-14-16-18-19-20-21-22-23-24-25-26-27-28-29-30-31-32-33-35-37-39-41-43-45-51(55)52-49(48-59-60(56,57)58-47-46-53(3,4)5)50(54)44-42-40-38-36-34-17-15-13-11-9-7-2/h11,13,34,36,42,44,49-50,54H,6-10,12,14-33,35,37-41,43,45-48H2,1-5H3,(H-,52,55,56,57)/p+1/b13-11+,36-34+,44-42+. The summed E-state index contributed by atoms with van der Waals surface area (Å²) >= 11 is 0. The Hall–Kier alpha value is -1.28. The van der Waals surface area contributed by atoms with Gasteiger partial charge in [0.1, 0.15) is 13.2 Å². The van der Waals surface area contributed by atoms with Crippen LogP contribution in [0.3, 0.4) is 0 Å². The number of allylic oxidation sites excluding steroid dienone is 5. The summed E-state index contributed by atoms with van der Waals surface area (Å²) in [5.74, 6) is -0.190. The Bertz CT molecular complexity index is 1070. The van der Waals surface area contributed by atoms with Crippen molar-refractivity contribution in [2.75, 3.05) is 40.9 Å². The molecule has 0 aliphatic rings. The molecule has 8 nitrogen and oxygen atoms in total. The van der Waals surface area contributed by atoms with Crippen LogP contribution in [0, 0.1) is 0 Å². The number of phosphoric ester groups is 1. The molecule has 0 aromatic rings. The van der Waals surface area contributed by atoms with Crippen LogP contribution in [0.25, 0.3) is 0 Å². The molecular formula is C51H100N2O6P+. The van der Waals surface area contributed by atoms with Crippen molar-refractivity contribution in [2.24, 2.45) is 0 Å². The average molecular weight is 868 g/mol. The van der Waals surface area contributed by atoms with Gasteiger partial charge in [-0.1, -0.05) is 224 Å². The zero-order chi connectivity index (χ0) is 44.3. The molecule has 0 heterocycles. The lowest BCUT2D eigenvalue weighted by molar-refractivity contribution is -0.870. The van der Waals surface area contributed by atoms with Gasteiger partial charge in [-0.15, -0.1) is 0 Å². The van der Waals surface area contributed by atoms with Crippen LogP contribution in [0.2, 0.25) is 0 Å². The highest BCUT2D eigenvalue weighted by Gasteiger charge is 2.27. The quantitative estimate of drug-likeness (QED) is 0.0244. The monoisotopic (exact) mass is 868 g/mol. The molecule has 1 amide bonds. The molecule has 3 N–H and O–H groups in total. The van der Waals surface area contributed by atoms with Crippen molar-refractivity contribution in [3.05, 3.63) is 36.5 Å². The van der Waals surface area contributed by atoms with Crippen LogP contribution < -0.4 is 5.32 Å². The van der Waals surface area contributed by atoms with Crippen LogP contribution in [0.15, 0.2) is 36.5 Å². The fourth-order valence-electron chi connectivity index (χ4n) is 7.32. The Labute approximate surface area is 372 Å². The van der Waals surface area contributed by atoms with Gasteiger partial charge in [-0.2, -0.15) is 0 Å². The lowest BCUT2D eigenvalue weighted by Gasteiger charge is -2.25. The van der Waals surface area contributed by atoms with E-state index < -0.39 is 20.0 Å². The van der Waals surface area contributed by atoms with Gasteiger partial charge in [-0.05, 0) is 38.5 Å². The number of aliphatic hydroxyl groups is 1. The number of hydrogen-bond acceptors (Lipinski definition) is 5. The fraction of sp³-hybridized carbons (Fsp3) is 0.863. The van der Waals surface area contributed by atoms with Gasteiger partial charge in [-0.3, -0.25) is 13.8 Å². The third-order valence-corrected chi connectivity index (χ3v) is 12.3. The molecule has 0 spiro atoms. The first-order chi connectivity index (χ1) is 29.0. The van der Waals surface area contributed by atoms with E-state index in [9.17, 15) is 19.4 Å². The number of unbranched alkanes of at least 4 members (excludes halogenated alkanes) is 29. The number of likely N-dealkylation sites (N-methyl/N-ethyl adjacent to an activating group) is 1. The molecule has 0 saturated heterocycles. The number of nitrogens with zero attached hydrogens (tertiary/aromatic N) is 1. The normalized spacial score (nSPS) is 14.4. The number of rotatable bonds is 46. The number of carbonyl (C=O) groups is 1. The highest BCUT2D eigenvalue weighted by Crippen LogP contribution is 2.43. The second kappa shape index (κ2) is 43.0. The van der Waals surface area contributed by atoms with Crippen molar-refractivity contribution in [1.82, 2.24) is 5.32 Å². The van der Waals surface area contributed by atoms with E-state index in [1.807, 2.05) is 27.2 Å². The topological polar surface area (TPSA) is 105 Å². The smallest absolute Gasteiger partial charge is 0.387 e. The minimum atomic E-state index is -4.35. The zero-order valence-electron chi connectivity index (χ0n) is 40.2. The minimum Gasteiger partial charge on any atom is -0.387 e. The van der Waals surface area contributed by atoms with E-state index in [2.05, 4.69) is 43.5 Å². The van der Waals surface area contributed by atoms with Gasteiger partial charge in [0.2, 0.25) is 5.91 Å². The summed E-state index contributed by atoms with van der Waals surface area (Å²) in [6.07, 6.45) is 54.0. The summed E-state index contributed by atoms with van der Waals surface area (Å²) in [6, 6.07) is -0.865. The van der Waals surface area contributed by atoms with Gasteiger partial charge in [0.15, 0.2) is 0 Å². The SMILES string of the molecule is CCC/C=C/CC/C=C/CC/C=C/C(O)C(COP(=O)(O)OCC[N+](C)(C)C)NC(=O)CCCCCCCCCCCCCCCCCCCCCCCCCCCCC. The number of amides is 1. The largest absolute Gasteiger partial charge is 0.472 e. The molecule has 354 valence electrons. The van der Waals surface area contributed by atoms with E-state index in [4.69, 9.17) is 9.05 Å². The molecular weight excluding hydrogens is 768 g/mol. The van der Waals surface area contributed by atoms with Crippen molar-refractivity contribution in [3.8, 4) is 0 Å². The first-order valence-corrected chi connectivity index (χ1v) is 26.9. The number of aliphatic hydroxyl groups excluding tert-OH is 1. The molecule has 0 aromatic heterocycles. The highest BCUT2D eigenvalue weighted by molar-refractivity contribution is 7.47. The van der Waals surface area contributed by atoms with Crippen molar-refractivity contribution in [1.29, 1.82) is 0 Å². The third-order valence-electron chi connectivity index (χ3n) is 11.3. The summed E-state index contributed by atoms with van der Waals surface area (Å²) in [6.45, 7) is 4.72. The average Bonchev–Trinajstić information content (AvgIpc) is 3.20. The fourth-order valence-corrected chi connectivity index (χ4v) is 8.05. The molecule has 0 rings (SSSR count). The van der Waals surface area contributed by atoms with Crippen LogP contribution in [0.1, 0.15) is 232 Å². The Balaban J connectivity index is 4.10. The van der Waals surface area contributed by atoms with E-state index in [1.54, 1.807) is 6.08 Å². The number of hydrogen-bond donors (Lipinski definition) is 3. The van der Waals surface area contributed by atoms with E-state index >= 15 is 0 Å². The predicted octanol–water partition coefficient (Wildman–Crippen LogP) is 14.6. The molecule has 3 atom stereocenters. The molecule has 0 aliphatic carbocycles. The Morgan fingerprint density at radius 1 is 0.550 bits per heavy atom. The molecule has 0 fully saturated rings. The second-order valence-electron chi connectivity index (χ2n) is 18.5. The van der Waals surface area contributed by atoms with Gasteiger partial charge in [-0.25, -0.2) is 4.57 Å². The zero-order valence-corrected chi connectivity index (χ0v) is 41.1. The van der Waals surface area contributed by atoms with Gasteiger partial charge in [0, 0.05) is 6.42 Å². The third kappa shape index (κ3) is 44.8. The number of carbonyl (C=O) groups excluding carboxylic acids is 1. The lowest BCUT2D eigenvalue weighted by atomic mass is 10.0. The van der Waals surface area contributed by atoms with Gasteiger partial charge in [0.25, 0.3) is 0 Å². The van der Waals surface area contributed by atoms with Crippen LogP contribution in [-0.4, -0.2) is 73.4 Å². The molecule has 0 aliphatic heterocycles. The summed E-state index contributed by atoms with van der Waals surface area (Å²) < 4.78 is 23.5. The maximum atomic E-state index is 12.9. The van der Waals surface area contributed by atoms with Gasteiger partial charge in [0.05, 0.1) is 39.9 Å². The van der Waals surface area contributed by atoms with E-state index in [0.29, 0.717) is 17.4 Å². The predicted molar refractivity (Wildman–Crippen MR) is 258 cm³/mol. The molecule has 9 heteroatoms. The van der Waals surface area contributed by atoms with Gasteiger partial charge >= 0.3 is 7.82 Å². The summed E-state index contributed by atoms with van der Waals surface area (Å²) in [5, 5.41) is 13.8. The molecule has 60 heavy (non-hydrogen) atoms. The van der Waals surface area contributed by atoms with Crippen molar-refractivity contribution < 1.29 is 32.9 Å². The molecule has 3 unspecified atom stereocenters. The van der Waals surface area contributed by atoms with E-state index in [1.165, 1.54) is 161 Å². The van der Waals surface area contributed by atoms with E-state index in [0.717, 1.165) is 51.4 Å². The number of nitrogens with one attached hydrogen (secondary N) is 1. The lowest BCUT2D eigenvalue weighted by Crippen LogP contribution is -2.45. The van der Waals surface area contributed by atoms with Crippen molar-refractivity contribution in [3.63, 3.8) is 0 Å². The van der Waals surface area contributed by atoms with Crippen molar-refractivity contribution >= 4 is 13.7 Å². The van der Waals surface area contributed by atoms with E-state index in [-0.39, 0.29) is 19.1 Å². The molecule has 0 bridgehead atoms. The summed E-state index contributed by atoms with van der Waals surface area (Å²) in [7, 11) is 1.55. The number of phosphoric acid groups is 1. The first kappa shape index (κ1) is 58.7. The van der Waals surface area contributed by atoms with Gasteiger partial charge < -0.3 is 19.8 Å². The Kier molecular flexibility index (Phi) is 42.1.